The highest BCUT2D eigenvalue weighted by atomic mass is 32.2. The van der Waals surface area contributed by atoms with Crippen molar-refractivity contribution in [1.82, 2.24) is 19.7 Å². The van der Waals surface area contributed by atoms with E-state index in [0.29, 0.717) is 11.6 Å². The van der Waals surface area contributed by atoms with Gasteiger partial charge in [-0.05, 0) is 38.3 Å². The van der Waals surface area contributed by atoms with E-state index in [0.717, 1.165) is 35.5 Å². The Morgan fingerprint density at radius 1 is 1.03 bits per heavy atom. The summed E-state index contributed by atoms with van der Waals surface area (Å²) < 4.78 is 26.0. The van der Waals surface area contributed by atoms with E-state index >= 15 is 0 Å². The Labute approximate surface area is 198 Å². The number of aryl methyl sites for hydroxylation is 1. The van der Waals surface area contributed by atoms with Crippen molar-refractivity contribution in [2.24, 2.45) is 0 Å². The van der Waals surface area contributed by atoms with Crippen LogP contribution >= 0.6 is 11.8 Å². The van der Waals surface area contributed by atoms with Crippen LogP contribution in [0.3, 0.4) is 0 Å². The number of rotatable bonds is 7. The van der Waals surface area contributed by atoms with Gasteiger partial charge in [0.2, 0.25) is 5.91 Å². The highest BCUT2D eigenvalue weighted by Gasteiger charge is 2.42. The van der Waals surface area contributed by atoms with Crippen LogP contribution in [0.1, 0.15) is 24.8 Å². The van der Waals surface area contributed by atoms with Gasteiger partial charge in [-0.15, -0.1) is 10.2 Å². The van der Waals surface area contributed by atoms with Gasteiger partial charge in [0.25, 0.3) is 0 Å². The molecule has 172 valence electrons. The zero-order valence-corrected chi connectivity index (χ0v) is 20.1. The Bertz CT molecular complexity index is 1250. The summed E-state index contributed by atoms with van der Waals surface area (Å²) in [4.78, 5) is 15.1. The second kappa shape index (κ2) is 8.95. The van der Waals surface area contributed by atoms with Crippen molar-refractivity contribution in [2.75, 3.05) is 17.3 Å². The fourth-order valence-corrected chi connectivity index (χ4v) is 6.85. The molecule has 2 aromatic carbocycles. The molecule has 1 aromatic heterocycles. The molecular weight excluding hydrogens is 456 g/mol. The average Bonchev–Trinajstić information content (AvgIpc) is 3.44. The fourth-order valence-electron chi connectivity index (χ4n) is 4.32. The first-order valence-electron chi connectivity index (χ1n) is 11.1. The zero-order valence-electron chi connectivity index (χ0n) is 18.4. The predicted molar refractivity (Wildman–Crippen MR) is 129 cm³/mol. The monoisotopic (exact) mass is 482 g/mol. The van der Waals surface area contributed by atoms with Crippen molar-refractivity contribution in [3.63, 3.8) is 0 Å². The van der Waals surface area contributed by atoms with E-state index in [1.807, 2.05) is 71.0 Å². The number of sulfone groups is 1. The average molecular weight is 483 g/mol. The summed E-state index contributed by atoms with van der Waals surface area (Å²) in [7, 11) is -3.05. The Morgan fingerprint density at radius 3 is 2.39 bits per heavy atom. The minimum Gasteiger partial charge on any atom is -0.335 e. The Hall–Kier alpha value is -2.65. The number of carbonyl (C=O) groups excluding carboxylic acids is 1. The molecule has 0 bridgehead atoms. The molecule has 0 spiro atoms. The van der Waals surface area contributed by atoms with Crippen LogP contribution in [0.2, 0.25) is 0 Å². The lowest BCUT2D eigenvalue weighted by Gasteiger charge is -2.28. The third-order valence-electron chi connectivity index (χ3n) is 6.11. The van der Waals surface area contributed by atoms with E-state index in [9.17, 15) is 13.2 Å². The zero-order chi connectivity index (χ0) is 23.0. The molecule has 1 unspecified atom stereocenters. The molecule has 2 aliphatic rings. The second-order valence-corrected chi connectivity index (χ2v) is 11.9. The summed E-state index contributed by atoms with van der Waals surface area (Å²) >= 11 is 1.35. The van der Waals surface area contributed by atoms with Gasteiger partial charge < -0.3 is 4.90 Å². The summed E-state index contributed by atoms with van der Waals surface area (Å²) in [5, 5.41) is 9.49. The van der Waals surface area contributed by atoms with Gasteiger partial charge in [0.1, 0.15) is 0 Å². The number of aromatic nitrogens is 3. The number of benzene rings is 2. The van der Waals surface area contributed by atoms with Gasteiger partial charge in [0, 0.05) is 23.3 Å². The van der Waals surface area contributed by atoms with Crippen molar-refractivity contribution in [3.05, 3.63) is 60.2 Å². The molecule has 2 fully saturated rings. The van der Waals surface area contributed by atoms with Gasteiger partial charge in [-0.2, -0.15) is 0 Å². The molecule has 33 heavy (non-hydrogen) atoms. The summed E-state index contributed by atoms with van der Waals surface area (Å²) in [5.41, 5.74) is 3.03. The topological polar surface area (TPSA) is 85.2 Å². The lowest BCUT2D eigenvalue weighted by Crippen LogP contribution is -2.43. The quantitative estimate of drug-likeness (QED) is 0.479. The number of thioether (sulfide) groups is 1. The predicted octanol–water partition coefficient (Wildman–Crippen LogP) is 3.51. The maximum atomic E-state index is 13.2. The van der Waals surface area contributed by atoms with Gasteiger partial charge in [0.05, 0.1) is 17.3 Å². The summed E-state index contributed by atoms with van der Waals surface area (Å²) in [6.07, 6.45) is 2.43. The fraction of sp³-hybridized carbons (Fsp3) is 0.375. The van der Waals surface area contributed by atoms with Gasteiger partial charge >= 0.3 is 0 Å². The van der Waals surface area contributed by atoms with Crippen molar-refractivity contribution < 1.29 is 13.2 Å². The standard InChI is InChI=1S/C24H26N4O3S2/c1-17-7-9-20(10-8-17)28-23(18-5-3-2-4-6-18)25-26-24(28)32-15-22(29)27(19-11-12-19)21-13-14-33(30,31)16-21/h2-10,19,21H,11-16H2,1H3. The van der Waals surface area contributed by atoms with Crippen molar-refractivity contribution in [2.45, 2.75) is 43.4 Å². The lowest BCUT2D eigenvalue weighted by molar-refractivity contribution is -0.130. The molecule has 5 rings (SSSR count). The molecule has 1 aliphatic carbocycles. The number of hydrogen-bond acceptors (Lipinski definition) is 6. The molecule has 2 heterocycles. The molecule has 1 saturated heterocycles. The third kappa shape index (κ3) is 4.84. The first-order chi connectivity index (χ1) is 15.9. The minimum absolute atomic E-state index is 0.0238. The van der Waals surface area contributed by atoms with Crippen LogP contribution < -0.4 is 0 Å². The summed E-state index contributed by atoms with van der Waals surface area (Å²) in [6, 6.07) is 18.0. The molecule has 0 radical (unpaired) electrons. The van der Waals surface area contributed by atoms with E-state index in [-0.39, 0.29) is 35.2 Å². The van der Waals surface area contributed by atoms with Crippen LogP contribution in [-0.2, 0) is 14.6 Å². The molecule has 1 aliphatic heterocycles. The first-order valence-corrected chi connectivity index (χ1v) is 13.9. The lowest BCUT2D eigenvalue weighted by atomic mass is 10.2. The second-order valence-electron chi connectivity index (χ2n) is 8.72. The molecule has 3 aromatic rings. The maximum Gasteiger partial charge on any atom is 0.233 e. The number of nitrogens with zero attached hydrogens (tertiary/aromatic N) is 4. The Balaban J connectivity index is 1.41. The molecule has 1 atom stereocenters. The number of amides is 1. The van der Waals surface area contributed by atoms with Crippen LogP contribution in [0, 0.1) is 6.92 Å². The van der Waals surface area contributed by atoms with E-state index in [1.165, 1.54) is 11.8 Å². The van der Waals surface area contributed by atoms with Gasteiger partial charge in [-0.3, -0.25) is 9.36 Å². The summed E-state index contributed by atoms with van der Waals surface area (Å²) in [6.45, 7) is 2.04. The van der Waals surface area contributed by atoms with Crippen LogP contribution in [0.25, 0.3) is 17.1 Å². The van der Waals surface area contributed by atoms with Crippen molar-refractivity contribution >= 4 is 27.5 Å². The van der Waals surface area contributed by atoms with Crippen LogP contribution in [0.15, 0.2) is 59.8 Å². The number of hydrogen-bond donors (Lipinski definition) is 0. The smallest absolute Gasteiger partial charge is 0.233 e. The van der Waals surface area contributed by atoms with Crippen LogP contribution in [0.4, 0.5) is 0 Å². The highest BCUT2D eigenvalue weighted by Crippen LogP contribution is 2.34. The molecule has 7 nitrogen and oxygen atoms in total. The van der Waals surface area contributed by atoms with E-state index in [1.54, 1.807) is 0 Å². The number of carbonyl (C=O) groups is 1. The first kappa shape index (κ1) is 22.2. The summed E-state index contributed by atoms with van der Waals surface area (Å²) in [5.74, 6) is 1.15. The molecule has 9 heteroatoms. The molecule has 0 N–H and O–H groups in total. The minimum atomic E-state index is -3.05. The normalized spacial score (nSPS) is 19.5. The van der Waals surface area contributed by atoms with Crippen molar-refractivity contribution in [3.8, 4) is 17.1 Å². The Morgan fingerprint density at radius 2 is 1.76 bits per heavy atom. The van der Waals surface area contributed by atoms with E-state index in [4.69, 9.17) is 0 Å². The third-order valence-corrected chi connectivity index (χ3v) is 8.78. The van der Waals surface area contributed by atoms with Crippen LogP contribution in [0.5, 0.6) is 0 Å². The van der Waals surface area contributed by atoms with Gasteiger partial charge in [-0.25, -0.2) is 8.42 Å². The largest absolute Gasteiger partial charge is 0.335 e. The van der Waals surface area contributed by atoms with E-state index < -0.39 is 9.84 Å². The highest BCUT2D eigenvalue weighted by molar-refractivity contribution is 7.99. The van der Waals surface area contributed by atoms with Gasteiger partial charge in [0.15, 0.2) is 20.8 Å². The molecular formula is C24H26N4O3S2. The van der Waals surface area contributed by atoms with Gasteiger partial charge in [-0.1, -0.05) is 59.8 Å². The molecule has 1 saturated carbocycles. The van der Waals surface area contributed by atoms with Crippen LogP contribution in [-0.4, -0.2) is 63.3 Å². The van der Waals surface area contributed by atoms with E-state index in [2.05, 4.69) is 10.2 Å². The molecule has 1 amide bonds. The van der Waals surface area contributed by atoms with Crippen molar-refractivity contribution in [1.29, 1.82) is 0 Å². The SMILES string of the molecule is Cc1ccc(-n2c(SCC(=O)N(C3CC3)C3CCS(=O)(=O)C3)nnc2-c2ccccc2)cc1. The Kier molecular flexibility index (Phi) is 6.01. The maximum absolute atomic E-state index is 13.2.